The number of rotatable bonds is 5. The normalized spacial score (nSPS) is 10.5. The molecule has 0 fully saturated rings. The van der Waals surface area contributed by atoms with Crippen LogP contribution in [0.4, 0.5) is 11.4 Å². The number of hydrazone groups is 1. The Bertz CT molecular complexity index is 1150. The van der Waals surface area contributed by atoms with Crippen molar-refractivity contribution < 1.29 is 14.4 Å². The van der Waals surface area contributed by atoms with Crippen LogP contribution in [0.25, 0.3) is 0 Å². The van der Waals surface area contributed by atoms with E-state index in [-0.39, 0.29) is 11.3 Å². The van der Waals surface area contributed by atoms with Gasteiger partial charge in [-0.1, -0.05) is 57.9 Å². The van der Waals surface area contributed by atoms with E-state index < -0.39 is 17.7 Å². The van der Waals surface area contributed by atoms with Gasteiger partial charge in [-0.25, -0.2) is 5.43 Å². The van der Waals surface area contributed by atoms with Gasteiger partial charge >= 0.3 is 11.8 Å². The first kappa shape index (κ1) is 22.2. The van der Waals surface area contributed by atoms with Crippen molar-refractivity contribution in [1.82, 2.24) is 5.43 Å². The maximum Gasteiger partial charge on any atom is 0.329 e. The Kier molecular flexibility index (Phi) is 7.53. The number of nitrogens with zero attached hydrogens (tertiary/aromatic N) is 1. The fourth-order valence-electron chi connectivity index (χ4n) is 2.49. The highest BCUT2D eigenvalue weighted by Gasteiger charge is 2.17. The number of hydrogen-bond acceptors (Lipinski definition) is 4. The minimum absolute atomic E-state index is 0.184. The van der Waals surface area contributed by atoms with Crippen molar-refractivity contribution in [1.29, 1.82) is 0 Å². The summed E-state index contributed by atoms with van der Waals surface area (Å²) >= 11 is 9.20. The first-order chi connectivity index (χ1) is 14.9. The van der Waals surface area contributed by atoms with E-state index in [2.05, 4.69) is 37.1 Å². The van der Waals surface area contributed by atoms with E-state index in [0.29, 0.717) is 10.7 Å². The summed E-state index contributed by atoms with van der Waals surface area (Å²) in [7, 11) is 0. The summed E-state index contributed by atoms with van der Waals surface area (Å²) in [6, 6.07) is 20.2. The Morgan fingerprint density at radius 1 is 0.839 bits per heavy atom. The van der Waals surface area contributed by atoms with Crippen molar-refractivity contribution in [3.05, 3.63) is 93.4 Å². The number of nitrogens with one attached hydrogen (secondary N) is 3. The molecule has 7 nitrogen and oxygen atoms in total. The molecule has 0 radical (unpaired) electrons. The molecule has 0 atom stereocenters. The van der Waals surface area contributed by atoms with Gasteiger partial charge in [-0.05, 0) is 42.5 Å². The van der Waals surface area contributed by atoms with E-state index in [1.165, 1.54) is 18.3 Å². The summed E-state index contributed by atoms with van der Waals surface area (Å²) < 4.78 is 0.790. The molecule has 0 heterocycles. The van der Waals surface area contributed by atoms with Crippen molar-refractivity contribution in [3.8, 4) is 0 Å². The maximum absolute atomic E-state index is 12.6. The Balaban J connectivity index is 1.64. The van der Waals surface area contributed by atoms with Crippen molar-refractivity contribution in [2.24, 2.45) is 5.10 Å². The van der Waals surface area contributed by atoms with Crippen LogP contribution >= 0.6 is 27.5 Å². The number of amides is 3. The molecule has 0 aliphatic rings. The number of para-hydroxylation sites is 1. The molecule has 0 saturated heterocycles. The molecule has 3 rings (SSSR count). The molecule has 3 aromatic carbocycles. The lowest BCUT2D eigenvalue weighted by atomic mass is 10.1. The van der Waals surface area contributed by atoms with E-state index in [1.54, 1.807) is 42.5 Å². The molecule has 0 bridgehead atoms. The number of anilines is 2. The van der Waals surface area contributed by atoms with Crippen LogP contribution in [0.3, 0.4) is 0 Å². The third kappa shape index (κ3) is 6.24. The van der Waals surface area contributed by atoms with Crippen LogP contribution in [0, 0.1) is 0 Å². The van der Waals surface area contributed by atoms with Crippen molar-refractivity contribution >= 4 is 62.8 Å². The van der Waals surface area contributed by atoms with Gasteiger partial charge in [-0.15, -0.1) is 0 Å². The summed E-state index contributed by atoms with van der Waals surface area (Å²) in [5.41, 5.74) is 3.80. The quantitative estimate of drug-likeness (QED) is 0.275. The molecule has 3 aromatic rings. The average Bonchev–Trinajstić information content (AvgIpc) is 2.77. The summed E-state index contributed by atoms with van der Waals surface area (Å²) in [4.78, 5) is 36.9. The Morgan fingerprint density at radius 2 is 1.52 bits per heavy atom. The Labute approximate surface area is 191 Å². The lowest BCUT2D eigenvalue weighted by Gasteiger charge is -2.11. The molecule has 156 valence electrons. The molecule has 0 unspecified atom stereocenters. The monoisotopic (exact) mass is 498 g/mol. The van der Waals surface area contributed by atoms with Gasteiger partial charge in [0.1, 0.15) is 0 Å². The van der Waals surface area contributed by atoms with Crippen molar-refractivity contribution in [2.45, 2.75) is 0 Å². The molecule has 31 heavy (non-hydrogen) atoms. The summed E-state index contributed by atoms with van der Waals surface area (Å²) in [6.07, 6.45) is 1.41. The molecule has 0 aliphatic carbocycles. The van der Waals surface area contributed by atoms with E-state index in [9.17, 15) is 14.4 Å². The number of hydrogen-bond donors (Lipinski definition) is 3. The van der Waals surface area contributed by atoms with Gasteiger partial charge in [-0.2, -0.15) is 5.10 Å². The standard InChI is InChI=1S/C22H16BrClN4O3/c23-18-7-3-1-5-14(18)13-25-28-22(31)21(30)27-19-8-4-2-6-17(19)20(29)26-16-11-9-15(24)10-12-16/h1-13H,(H,26,29)(H,27,30)(H,28,31)/b25-13-. The van der Waals surface area contributed by atoms with E-state index in [0.717, 1.165) is 10.0 Å². The van der Waals surface area contributed by atoms with E-state index in [1.807, 2.05) is 18.2 Å². The van der Waals surface area contributed by atoms with Gasteiger partial charge in [0.25, 0.3) is 5.91 Å². The lowest BCUT2D eigenvalue weighted by molar-refractivity contribution is -0.136. The van der Waals surface area contributed by atoms with Crippen LogP contribution < -0.4 is 16.1 Å². The van der Waals surface area contributed by atoms with Crippen LogP contribution in [0.5, 0.6) is 0 Å². The zero-order valence-electron chi connectivity index (χ0n) is 15.9. The molecule has 0 saturated carbocycles. The Morgan fingerprint density at radius 3 is 2.26 bits per heavy atom. The molecular weight excluding hydrogens is 484 g/mol. The van der Waals surface area contributed by atoms with Crippen molar-refractivity contribution in [2.75, 3.05) is 10.6 Å². The van der Waals surface area contributed by atoms with Gasteiger partial charge < -0.3 is 10.6 Å². The lowest BCUT2D eigenvalue weighted by Crippen LogP contribution is -2.33. The fourth-order valence-corrected chi connectivity index (χ4v) is 3.01. The summed E-state index contributed by atoms with van der Waals surface area (Å²) in [5, 5.41) is 9.46. The molecule has 0 spiro atoms. The van der Waals surface area contributed by atoms with Crippen LogP contribution in [-0.2, 0) is 9.59 Å². The fraction of sp³-hybridized carbons (Fsp3) is 0. The predicted molar refractivity (Wildman–Crippen MR) is 124 cm³/mol. The highest BCUT2D eigenvalue weighted by molar-refractivity contribution is 9.10. The number of carbonyl (C=O) groups excluding carboxylic acids is 3. The molecule has 0 aliphatic heterocycles. The molecular formula is C22H16BrClN4O3. The average molecular weight is 500 g/mol. The van der Waals surface area contributed by atoms with Crippen LogP contribution in [0.15, 0.2) is 82.4 Å². The SMILES string of the molecule is O=C(N/N=C\c1ccccc1Br)C(=O)Nc1ccccc1C(=O)Nc1ccc(Cl)cc1. The highest BCUT2D eigenvalue weighted by atomic mass is 79.9. The predicted octanol–water partition coefficient (Wildman–Crippen LogP) is 4.44. The van der Waals surface area contributed by atoms with Gasteiger partial charge in [0.2, 0.25) is 0 Å². The number of benzene rings is 3. The molecule has 0 aromatic heterocycles. The molecule has 9 heteroatoms. The maximum atomic E-state index is 12.6. The number of halogens is 2. The van der Waals surface area contributed by atoms with Gasteiger partial charge in [0.15, 0.2) is 0 Å². The van der Waals surface area contributed by atoms with Gasteiger partial charge in [0, 0.05) is 20.7 Å². The molecule has 3 amide bonds. The van der Waals surface area contributed by atoms with Crippen LogP contribution in [0.1, 0.15) is 15.9 Å². The zero-order chi connectivity index (χ0) is 22.2. The topological polar surface area (TPSA) is 99.7 Å². The highest BCUT2D eigenvalue weighted by Crippen LogP contribution is 2.19. The minimum atomic E-state index is -0.976. The van der Waals surface area contributed by atoms with E-state index in [4.69, 9.17) is 11.6 Å². The minimum Gasteiger partial charge on any atom is -0.322 e. The third-order valence-corrected chi connectivity index (χ3v) is 4.98. The summed E-state index contributed by atoms with van der Waals surface area (Å²) in [5.74, 6) is -2.39. The second-order valence-electron chi connectivity index (χ2n) is 6.18. The second-order valence-corrected chi connectivity index (χ2v) is 7.47. The van der Waals surface area contributed by atoms with Crippen LogP contribution in [-0.4, -0.2) is 23.9 Å². The van der Waals surface area contributed by atoms with Gasteiger partial charge in [0.05, 0.1) is 17.5 Å². The van der Waals surface area contributed by atoms with Crippen LogP contribution in [0.2, 0.25) is 5.02 Å². The first-order valence-electron chi connectivity index (χ1n) is 8.99. The van der Waals surface area contributed by atoms with Gasteiger partial charge in [-0.3, -0.25) is 14.4 Å². The molecule has 3 N–H and O–H groups in total. The van der Waals surface area contributed by atoms with E-state index >= 15 is 0 Å². The van der Waals surface area contributed by atoms with Crippen molar-refractivity contribution in [3.63, 3.8) is 0 Å². The first-order valence-corrected chi connectivity index (χ1v) is 10.2. The number of carbonyl (C=O) groups is 3. The third-order valence-electron chi connectivity index (χ3n) is 4.00. The smallest absolute Gasteiger partial charge is 0.322 e. The Hall–Kier alpha value is -3.49. The summed E-state index contributed by atoms with van der Waals surface area (Å²) in [6.45, 7) is 0. The second kappa shape index (κ2) is 10.5. The largest absolute Gasteiger partial charge is 0.329 e. The zero-order valence-corrected chi connectivity index (χ0v) is 18.3.